The van der Waals surface area contributed by atoms with E-state index in [0.717, 1.165) is 51.3 Å². The minimum Gasteiger partial charge on any atom is -0.392 e. The number of allylic oxidation sites excluding steroid dienone is 1. The summed E-state index contributed by atoms with van der Waals surface area (Å²) in [5.74, 6) is 0. The number of hydrogen-bond donors (Lipinski definition) is 1. The fourth-order valence-corrected chi connectivity index (χ4v) is 4.61. The third-order valence-corrected chi connectivity index (χ3v) is 5.96. The van der Waals surface area contributed by atoms with Crippen molar-refractivity contribution in [1.29, 1.82) is 0 Å². The minimum absolute atomic E-state index is 0.176. The lowest BCUT2D eigenvalue weighted by molar-refractivity contribution is 0.0444. The van der Waals surface area contributed by atoms with Crippen LogP contribution in [0.25, 0.3) is 0 Å². The molecule has 0 amide bonds. The van der Waals surface area contributed by atoms with Gasteiger partial charge in [-0.1, -0.05) is 36.4 Å². The summed E-state index contributed by atoms with van der Waals surface area (Å²) in [6.45, 7) is 10.4. The van der Waals surface area contributed by atoms with Gasteiger partial charge in [0.1, 0.15) is 0 Å². The van der Waals surface area contributed by atoms with Crippen molar-refractivity contribution >= 4 is 0 Å². The lowest BCUT2D eigenvalue weighted by Crippen LogP contribution is -2.56. The van der Waals surface area contributed by atoms with Gasteiger partial charge in [0.15, 0.2) is 0 Å². The summed E-state index contributed by atoms with van der Waals surface area (Å²) in [5.41, 5.74) is 3.77. The number of nitrogens with zero attached hydrogens (tertiary/aromatic N) is 4. The van der Waals surface area contributed by atoms with Gasteiger partial charge in [0, 0.05) is 50.0 Å². The number of rotatable bonds is 6. The molecular weight excluding hydrogens is 336 g/mol. The van der Waals surface area contributed by atoms with Crippen LogP contribution in [0.5, 0.6) is 0 Å². The molecule has 2 saturated heterocycles. The Bertz CT molecular complexity index is 772. The molecular formula is C22H30N4O. The second-order valence-electron chi connectivity index (χ2n) is 8.02. The van der Waals surface area contributed by atoms with E-state index in [1.165, 1.54) is 11.1 Å². The van der Waals surface area contributed by atoms with Crippen molar-refractivity contribution in [1.82, 2.24) is 19.6 Å². The Morgan fingerprint density at radius 3 is 2.81 bits per heavy atom. The van der Waals surface area contributed by atoms with Gasteiger partial charge in [-0.3, -0.25) is 14.5 Å². The second kappa shape index (κ2) is 7.97. The molecule has 2 aliphatic heterocycles. The highest BCUT2D eigenvalue weighted by molar-refractivity contribution is 5.19. The lowest BCUT2D eigenvalue weighted by atomic mass is 9.99. The number of aliphatic hydroxyl groups is 1. The van der Waals surface area contributed by atoms with Gasteiger partial charge in [0.25, 0.3) is 0 Å². The van der Waals surface area contributed by atoms with E-state index in [1.807, 2.05) is 10.8 Å². The molecule has 0 unspecified atom stereocenters. The van der Waals surface area contributed by atoms with Crippen LogP contribution in [0.15, 0.2) is 49.2 Å². The molecule has 0 bridgehead atoms. The van der Waals surface area contributed by atoms with Gasteiger partial charge in [-0.05, 0) is 25.3 Å². The smallest absolute Gasteiger partial charge is 0.0682 e. The summed E-state index contributed by atoms with van der Waals surface area (Å²) in [6, 6.07) is 11.7. The highest BCUT2D eigenvalue weighted by atomic mass is 16.3. The number of hydrogen-bond acceptors (Lipinski definition) is 4. The Kier molecular flexibility index (Phi) is 5.43. The molecule has 0 aliphatic carbocycles. The Labute approximate surface area is 161 Å². The second-order valence-corrected chi connectivity index (χ2v) is 8.02. The Balaban J connectivity index is 1.53. The van der Waals surface area contributed by atoms with Crippen molar-refractivity contribution < 1.29 is 5.11 Å². The van der Waals surface area contributed by atoms with Gasteiger partial charge in [0.2, 0.25) is 0 Å². The van der Waals surface area contributed by atoms with Gasteiger partial charge >= 0.3 is 0 Å². The molecule has 5 nitrogen and oxygen atoms in total. The van der Waals surface area contributed by atoms with E-state index in [4.69, 9.17) is 0 Å². The summed E-state index contributed by atoms with van der Waals surface area (Å²) < 4.78 is 1.97. The van der Waals surface area contributed by atoms with Crippen molar-refractivity contribution in [3.63, 3.8) is 0 Å². The van der Waals surface area contributed by atoms with Crippen LogP contribution in [0, 0.1) is 6.92 Å². The number of aryl methyl sites for hydroxylation is 1. The maximum Gasteiger partial charge on any atom is 0.0682 e. The number of piperazine rings is 1. The van der Waals surface area contributed by atoms with Gasteiger partial charge in [-0.25, -0.2) is 0 Å². The quantitative estimate of drug-likeness (QED) is 0.797. The van der Waals surface area contributed by atoms with Crippen LogP contribution < -0.4 is 0 Å². The van der Waals surface area contributed by atoms with E-state index in [1.54, 1.807) is 0 Å². The largest absolute Gasteiger partial charge is 0.392 e. The van der Waals surface area contributed by atoms with Crippen molar-refractivity contribution in [3.8, 4) is 0 Å². The predicted molar refractivity (Wildman–Crippen MR) is 107 cm³/mol. The van der Waals surface area contributed by atoms with E-state index < -0.39 is 0 Å². The molecule has 27 heavy (non-hydrogen) atoms. The summed E-state index contributed by atoms with van der Waals surface area (Å²) >= 11 is 0. The molecule has 0 spiro atoms. The summed E-state index contributed by atoms with van der Waals surface area (Å²) in [7, 11) is 0. The van der Waals surface area contributed by atoms with Crippen LogP contribution in [0.4, 0.5) is 0 Å². The fraction of sp³-hybridized carbons (Fsp3) is 0.500. The topological polar surface area (TPSA) is 44.5 Å². The molecule has 1 aromatic heterocycles. The Morgan fingerprint density at radius 2 is 2.04 bits per heavy atom. The zero-order valence-electron chi connectivity index (χ0n) is 16.2. The van der Waals surface area contributed by atoms with E-state index in [2.05, 4.69) is 64.9 Å². The molecule has 3 heterocycles. The summed E-state index contributed by atoms with van der Waals surface area (Å²) in [4.78, 5) is 5.09. The van der Waals surface area contributed by atoms with Gasteiger partial charge in [0.05, 0.1) is 18.3 Å². The first kappa shape index (κ1) is 18.4. The Hall–Kier alpha value is -1.95. The zero-order chi connectivity index (χ0) is 18.8. The first-order valence-corrected chi connectivity index (χ1v) is 9.96. The van der Waals surface area contributed by atoms with Gasteiger partial charge < -0.3 is 5.11 Å². The average Bonchev–Trinajstić information content (AvgIpc) is 3.17. The predicted octanol–water partition coefficient (Wildman–Crippen LogP) is 2.24. The number of benzene rings is 1. The van der Waals surface area contributed by atoms with Gasteiger partial charge in [-0.2, -0.15) is 5.10 Å². The van der Waals surface area contributed by atoms with Crippen LogP contribution in [0.1, 0.15) is 23.2 Å². The molecule has 0 radical (unpaired) electrons. The van der Waals surface area contributed by atoms with Crippen molar-refractivity contribution in [2.24, 2.45) is 0 Å². The zero-order valence-corrected chi connectivity index (χ0v) is 16.2. The molecule has 2 fully saturated rings. The maximum absolute atomic E-state index is 10.1. The number of aromatic nitrogens is 2. The third-order valence-electron chi connectivity index (χ3n) is 5.96. The third kappa shape index (κ3) is 4.15. The van der Waals surface area contributed by atoms with E-state index in [0.29, 0.717) is 12.1 Å². The Morgan fingerprint density at radius 1 is 1.22 bits per heavy atom. The fourth-order valence-electron chi connectivity index (χ4n) is 4.61. The summed E-state index contributed by atoms with van der Waals surface area (Å²) in [5, 5.41) is 14.8. The number of aliphatic hydroxyl groups excluding tert-OH is 1. The monoisotopic (exact) mass is 366 g/mol. The standard InChI is InChI=1S/C22H30N4O/c1-3-9-26-13-19(17(2)23-26)12-24-15-21-11-22(27)16-25(21)14-20(24)10-18-7-5-4-6-8-18/h3-8,13,20-22,27H,1,9-12,14-16H2,2H3/t20-,21-,22+/m0/s1. The van der Waals surface area contributed by atoms with Crippen LogP contribution in [-0.4, -0.2) is 62.5 Å². The summed E-state index contributed by atoms with van der Waals surface area (Å²) in [6.07, 6.45) is 5.80. The molecule has 4 rings (SSSR count). The van der Waals surface area contributed by atoms with E-state index in [-0.39, 0.29) is 6.10 Å². The molecule has 144 valence electrons. The van der Waals surface area contributed by atoms with Crippen LogP contribution in [0.3, 0.4) is 0 Å². The maximum atomic E-state index is 10.1. The first-order chi connectivity index (χ1) is 13.1. The number of fused-ring (bicyclic) bond motifs is 1. The molecule has 5 heteroatoms. The SMILES string of the molecule is C=CCn1cc(CN2C[C@@H]3C[C@@H](O)CN3C[C@@H]2Cc2ccccc2)c(C)n1. The van der Waals surface area contributed by atoms with E-state index >= 15 is 0 Å². The lowest BCUT2D eigenvalue weighted by Gasteiger charge is -2.43. The van der Waals surface area contributed by atoms with Crippen LogP contribution in [0.2, 0.25) is 0 Å². The molecule has 1 aromatic carbocycles. The highest BCUT2D eigenvalue weighted by Gasteiger charge is 2.39. The van der Waals surface area contributed by atoms with Crippen LogP contribution in [-0.2, 0) is 19.5 Å². The van der Waals surface area contributed by atoms with E-state index in [9.17, 15) is 5.11 Å². The highest BCUT2D eigenvalue weighted by Crippen LogP contribution is 2.28. The van der Waals surface area contributed by atoms with Crippen molar-refractivity contribution in [2.45, 2.75) is 51.0 Å². The van der Waals surface area contributed by atoms with Crippen LogP contribution >= 0.6 is 0 Å². The molecule has 0 saturated carbocycles. The van der Waals surface area contributed by atoms with Crippen molar-refractivity contribution in [2.75, 3.05) is 19.6 Å². The molecule has 2 aromatic rings. The molecule has 1 N–H and O–H groups in total. The van der Waals surface area contributed by atoms with Gasteiger partial charge in [-0.15, -0.1) is 6.58 Å². The average molecular weight is 367 g/mol. The minimum atomic E-state index is -0.176. The molecule has 3 atom stereocenters. The first-order valence-electron chi connectivity index (χ1n) is 9.96. The normalized spacial score (nSPS) is 26.2. The van der Waals surface area contributed by atoms with Crippen molar-refractivity contribution in [3.05, 3.63) is 66.0 Å². The molecule has 2 aliphatic rings.